The first-order valence-electron chi connectivity index (χ1n) is 9.19. The van der Waals surface area contributed by atoms with E-state index in [0.29, 0.717) is 43.0 Å². The number of alkyl halides is 3. The highest BCUT2D eigenvalue weighted by Gasteiger charge is 2.32. The molecule has 0 unspecified atom stereocenters. The van der Waals surface area contributed by atoms with Crippen molar-refractivity contribution < 1.29 is 23.1 Å². The number of pyridine rings is 1. The van der Waals surface area contributed by atoms with Gasteiger partial charge in [0.25, 0.3) is 5.91 Å². The summed E-state index contributed by atoms with van der Waals surface area (Å²) in [5, 5.41) is 13.0. The summed E-state index contributed by atoms with van der Waals surface area (Å²) in [6, 6.07) is 6.81. The van der Waals surface area contributed by atoms with E-state index in [0.717, 1.165) is 17.5 Å². The monoisotopic (exact) mass is 404 g/mol. The molecular formula is C20H19F3N4O2. The van der Waals surface area contributed by atoms with Gasteiger partial charge in [-0.15, -0.1) is 0 Å². The van der Waals surface area contributed by atoms with E-state index in [1.807, 2.05) is 0 Å². The molecule has 1 amide bonds. The molecule has 0 bridgehead atoms. The van der Waals surface area contributed by atoms with Gasteiger partial charge in [-0.05, 0) is 43.2 Å². The fourth-order valence-electron chi connectivity index (χ4n) is 3.42. The predicted octanol–water partition coefficient (Wildman–Crippen LogP) is 3.80. The first-order chi connectivity index (χ1) is 13.8. The molecule has 9 heteroatoms. The van der Waals surface area contributed by atoms with Crippen LogP contribution >= 0.6 is 0 Å². The van der Waals surface area contributed by atoms with Crippen LogP contribution in [0.4, 0.5) is 24.5 Å². The maximum absolute atomic E-state index is 13.4. The van der Waals surface area contributed by atoms with Crippen LogP contribution in [0.2, 0.25) is 0 Å². The molecule has 1 aliphatic heterocycles. The van der Waals surface area contributed by atoms with Gasteiger partial charge in [0.1, 0.15) is 5.65 Å². The minimum Gasteiger partial charge on any atom is -0.393 e. The van der Waals surface area contributed by atoms with Gasteiger partial charge in [0.05, 0.1) is 23.6 Å². The lowest BCUT2D eigenvalue weighted by Gasteiger charge is -2.32. The SMILES string of the molecule is O=C(Nc1cnc2[nH]ccc2c1)c1cc(N2CCC(O)CC2)cc(C(F)(F)F)c1. The molecule has 1 saturated heterocycles. The van der Waals surface area contributed by atoms with Crippen molar-refractivity contribution in [2.45, 2.75) is 25.1 Å². The van der Waals surface area contributed by atoms with Crippen molar-refractivity contribution >= 4 is 28.3 Å². The predicted molar refractivity (Wildman–Crippen MR) is 103 cm³/mol. The molecule has 3 aromatic rings. The van der Waals surface area contributed by atoms with Crippen molar-refractivity contribution in [3.8, 4) is 0 Å². The van der Waals surface area contributed by atoms with Crippen molar-refractivity contribution in [2.24, 2.45) is 0 Å². The average molecular weight is 404 g/mol. The summed E-state index contributed by atoms with van der Waals surface area (Å²) in [7, 11) is 0. The molecule has 1 aromatic carbocycles. The van der Waals surface area contributed by atoms with E-state index >= 15 is 0 Å². The lowest BCUT2D eigenvalue weighted by molar-refractivity contribution is -0.137. The maximum Gasteiger partial charge on any atom is 0.416 e. The van der Waals surface area contributed by atoms with Gasteiger partial charge < -0.3 is 20.3 Å². The van der Waals surface area contributed by atoms with Crippen molar-refractivity contribution in [2.75, 3.05) is 23.3 Å². The molecule has 0 saturated carbocycles. The lowest BCUT2D eigenvalue weighted by atomic mass is 10.0. The number of anilines is 2. The van der Waals surface area contributed by atoms with Crippen LogP contribution < -0.4 is 10.2 Å². The Morgan fingerprint density at radius 1 is 1.21 bits per heavy atom. The number of fused-ring (bicyclic) bond motifs is 1. The molecular weight excluding hydrogens is 385 g/mol. The van der Waals surface area contributed by atoms with Gasteiger partial charge in [0, 0.05) is 35.9 Å². The second kappa shape index (κ2) is 7.40. The zero-order valence-electron chi connectivity index (χ0n) is 15.3. The minimum absolute atomic E-state index is 0.0879. The molecule has 0 spiro atoms. The van der Waals surface area contributed by atoms with Crippen LogP contribution in [0.5, 0.6) is 0 Å². The summed E-state index contributed by atoms with van der Waals surface area (Å²) in [6.45, 7) is 0.856. The van der Waals surface area contributed by atoms with Crippen molar-refractivity contribution in [1.82, 2.24) is 9.97 Å². The summed E-state index contributed by atoms with van der Waals surface area (Å²) in [6.07, 6.45) is -0.933. The number of halogens is 3. The van der Waals surface area contributed by atoms with Gasteiger partial charge >= 0.3 is 6.18 Å². The molecule has 29 heavy (non-hydrogen) atoms. The Balaban J connectivity index is 1.63. The van der Waals surface area contributed by atoms with E-state index in [-0.39, 0.29) is 5.56 Å². The standard InChI is InChI=1S/C20H19F3N4O2/c21-20(22,23)14-7-13(9-16(10-14)27-5-2-17(28)3-6-27)19(29)26-15-8-12-1-4-24-18(12)25-11-15/h1,4,7-11,17,28H,2-3,5-6H2,(H,24,25)(H,26,29). The van der Waals surface area contributed by atoms with Gasteiger partial charge in [0.2, 0.25) is 0 Å². The Morgan fingerprint density at radius 2 is 1.97 bits per heavy atom. The molecule has 0 atom stereocenters. The largest absolute Gasteiger partial charge is 0.416 e. The number of nitrogens with zero attached hydrogens (tertiary/aromatic N) is 2. The van der Waals surface area contributed by atoms with E-state index in [1.54, 1.807) is 23.2 Å². The maximum atomic E-state index is 13.4. The number of amides is 1. The second-order valence-corrected chi connectivity index (χ2v) is 7.08. The van der Waals surface area contributed by atoms with Gasteiger partial charge in [0.15, 0.2) is 0 Å². The van der Waals surface area contributed by atoms with Crippen LogP contribution in [-0.2, 0) is 6.18 Å². The zero-order valence-corrected chi connectivity index (χ0v) is 15.3. The number of hydrogen-bond donors (Lipinski definition) is 3. The summed E-state index contributed by atoms with van der Waals surface area (Å²) < 4.78 is 40.2. The second-order valence-electron chi connectivity index (χ2n) is 7.08. The van der Waals surface area contributed by atoms with Crippen LogP contribution in [-0.4, -0.2) is 40.2 Å². The zero-order chi connectivity index (χ0) is 20.6. The number of benzene rings is 1. The molecule has 0 radical (unpaired) electrons. The van der Waals surface area contributed by atoms with Crippen molar-refractivity contribution in [1.29, 1.82) is 0 Å². The van der Waals surface area contributed by atoms with Gasteiger partial charge in [-0.1, -0.05) is 0 Å². The number of aromatic nitrogens is 2. The van der Waals surface area contributed by atoms with E-state index < -0.39 is 23.8 Å². The van der Waals surface area contributed by atoms with E-state index in [4.69, 9.17) is 0 Å². The van der Waals surface area contributed by atoms with E-state index in [1.165, 1.54) is 12.3 Å². The third-order valence-electron chi connectivity index (χ3n) is 4.99. The Labute approximate surface area is 164 Å². The highest BCUT2D eigenvalue weighted by atomic mass is 19.4. The number of carbonyl (C=O) groups excluding carboxylic acids is 1. The molecule has 3 heterocycles. The van der Waals surface area contributed by atoms with E-state index in [9.17, 15) is 23.1 Å². The number of aromatic amines is 1. The van der Waals surface area contributed by atoms with Crippen molar-refractivity contribution in [3.05, 3.63) is 53.9 Å². The molecule has 1 fully saturated rings. The van der Waals surface area contributed by atoms with Crippen molar-refractivity contribution in [3.63, 3.8) is 0 Å². The first-order valence-corrected chi connectivity index (χ1v) is 9.19. The van der Waals surface area contributed by atoms with Gasteiger partial charge in [-0.25, -0.2) is 4.98 Å². The lowest BCUT2D eigenvalue weighted by Crippen LogP contribution is -2.36. The number of H-pyrrole nitrogens is 1. The summed E-state index contributed by atoms with van der Waals surface area (Å²) >= 11 is 0. The molecule has 6 nitrogen and oxygen atoms in total. The minimum atomic E-state index is -4.58. The van der Waals surface area contributed by atoms with Crippen LogP contribution in [0.1, 0.15) is 28.8 Å². The average Bonchev–Trinajstić information content (AvgIpc) is 3.15. The van der Waals surface area contributed by atoms with Crippen LogP contribution in [0, 0.1) is 0 Å². The Kier molecular flexibility index (Phi) is 4.91. The molecule has 1 aliphatic rings. The van der Waals surface area contributed by atoms with Crippen LogP contribution in [0.25, 0.3) is 11.0 Å². The fourth-order valence-corrected chi connectivity index (χ4v) is 3.42. The summed E-state index contributed by atoms with van der Waals surface area (Å²) in [4.78, 5) is 21.5. The smallest absolute Gasteiger partial charge is 0.393 e. The molecule has 3 N–H and O–H groups in total. The highest BCUT2D eigenvalue weighted by molar-refractivity contribution is 6.05. The number of aliphatic hydroxyl groups excluding tert-OH is 1. The van der Waals surface area contributed by atoms with Crippen LogP contribution in [0.3, 0.4) is 0 Å². The number of piperidine rings is 1. The number of nitrogens with one attached hydrogen (secondary N) is 2. The molecule has 2 aromatic heterocycles. The van der Waals surface area contributed by atoms with Gasteiger partial charge in [-0.3, -0.25) is 4.79 Å². The number of hydrogen-bond acceptors (Lipinski definition) is 4. The summed E-state index contributed by atoms with van der Waals surface area (Å²) in [5.74, 6) is -0.647. The molecule has 0 aliphatic carbocycles. The first kappa shape index (κ1) is 19.3. The number of carbonyl (C=O) groups is 1. The summed E-state index contributed by atoms with van der Waals surface area (Å²) in [5.41, 5.74) is 0.385. The highest BCUT2D eigenvalue weighted by Crippen LogP contribution is 2.34. The Bertz CT molecular complexity index is 1040. The third kappa shape index (κ3) is 4.19. The third-order valence-corrected chi connectivity index (χ3v) is 4.99. The van der Waals surface area contributed by atoms with Crippen LogP contribution in [0.15, 0.2) is 42.7 Å². The Hall–Kier alpha value is -3.07. The normalized spacial score (nSPS) is 15.7. The Morgan fingerprint density at radius 3 is 2.69 bits per heavy atom. The number of aliphatic hydroxyl groups is 1. The topological polar surface area (TPSA) is 81.2 Å². The fraction of sp³-hybridized carbons (Fsp3) is 0.300. The molecule has 152 valence electrons. The quantitative estimate of drug-likeness (QED) is 0.620. The van der Waals surface area contributed by atoms with E-state index in [2.05, 4.69) is 15.3 Å². The van der Waals surface area contributed by atoms with Gasteiger partial charge in [-0.2, -0.15) is 13.2 Å². The molecule has 4 rings (SSSR count). The number of rotatable bonds is 3.